The van der Waals surface area contributed by atoms with Gasteiger partial charge in [-0.2, -0.15) is 26.3 Å². The van der Waals surface area contributed by atoms with Crippen molar-refractivity contribution in [3.05, 3.63) is 16.9 Å². The average molecular weight is 479 g/mol. The number of halogens is 6. The molecular formula is C15H28F6N2O4S2. The quantitative estimate of drug-likeness (QED) is 0.237. The van der Waals surface area contributed by atoms with Gasteiger partial charge in [0.1, 0.15) is 0 Å². The fraction of sp³-hybridized carbons (Fsp3) is 0.867. The molecule has 0 unspecified atom stereocenters. The van der Waals surface area contributed by atoms with E-state index in [4.69, 9.17) is 0 Å². The van der Waals surface area contributed by atoms with Crippen molar-refractivity contribution in [2.75, 3.05) is 19.6 Å². The maximum absolute atomic E-state index is 11.4. The van der Waals surface area contributed by atoms with Crippen LogP contribution >= 0.6 is 0 Å². The Morgan fingerprint density at radius 1 is 0.793 bits per heavy atom. The molecule has 29 heavy (non-hydrogen) atoms. The Morgan fingerprint density at radius 2 is 1.17 bits per heavy atom. The van der Waals surface area contributed by atoms with Crippen LogP contribution < -0.4 is 0 Å². The molecule has 0 aromatic rings. The van der Waals surface area contributed by atoms with Gasteiger partial charge in [-0.05, 0) is 33.3 Å². The maximum atomic E-state index is 11.4. The Balaban J connectivity index is 0. The fourth-order valence-electron chi connectivity index (χ4n) is 2.13. The summed E-state index contributed by atoms with van der Waals surface area (Å²) in [6.07, 6.45) is 9.01. The normalized spacial score (nSPS) is 13.6. The van der Waals surface area contributed by atoms with Gasteiger partial charge in [0.25, 0.3) is 0 Å². The van der Waals surface area contributed by atoms with Crippen LogP contribution in [0, 0.1) is 0 Å². The minimum absolute atomic E-state index is 0.778. The minimum Gasteiger partial charge on any atom is -0.421 e. The molecule has 0 aromatic heterocycles. The van der Waals surface area contributed by atoms with Crippen LogP contribution in [0.4, 0.5) is 26.3 Å². The number of nitrogens with zero attached hydrogens (tertiary/aromatic N) is 2. The maximum Gasteiger partial charge on any atom is 0.480 e. The van der Waals surface area contributed by atoms with Crippen molar-refractivity contribution in [2.45, 2.75) is 63.9 Å². The number of hydrogen-bond acceptors (Lipinski definition) is 4. The molecule has 0 fully saturated rings. The van der Waals surface area contributed by atoms with E-state index in [1.165, 1.54) is 51.7 Å². The van der Waals surface area contributed by atoms with Gasteiger partial charge in [-0.25, -0.2) is 16.8 Å². The Hall–Kier alpha value is -0.860. The van der Waals surface area contributed by atoms with Gasteiger partial charge in [0, 0.05) is 0 Å². The predicted octanol–water partition coefficient (Wildman–Crippen LogP) is 5.02. The average Bonchev–Trinajstić information content (AvgIpc) is 2.56. The van der Waals surface area contributed by atoms with Crippen LogP contribution in [0.2, 0.25) is 0 Å². The third-order valence-corrected chi connectivity index (χ3v) is 6.88. The number of quaternary nitrogens is 1. The first-order valence-corrected chi connectivity index (χ1v) is 11.7. The van der Waals surface area contributed by atoms with Crippen molar-refractivity contribution >= 4 is 20.0 Å². The van der Waals surface area contributed by atoms with Gasteiger partial charge in [-0.15, -0.1) is 0 Å². The zero-order valence-corrected chi connectivity index (χ0v) is 18.2. The summed E-state index contributed by atoms with van der Waals surface area (Å²) >= 11 is 0. The van der Waals surface area contributed by atoms with Gasteiger partial charge in [0.05, 0.1) is 25.8 Å². The highest BCUT2D eigenvalue weighted by Gasteiger charge is 2.46. The lowest BCUT2D eigenvalue weighted by atomic mass is 10.1. The molecule has 0 atom stereocenters. The smallest absolute Gasteiger partial charge is 0.421 e. The van der Waals surface area contributed by atoms with Crippen LogP contribution in [0.5, 0.6) is 0 Å². The van der Waals surface area contributed by atoms with E-state index in [9.17, 15) is 43.2 Å². The minimum atomic E-state index is -6.72. The summed E-state index contributed by atoms with van der Waals surface area (Å²) in [5.74, 6) is 0. The molecular weight excluding hydrogens is 450 g/mol. The molecule has 0 aliphatic heterocycles. The van der Waals surface area contributed by atoms with E-state index < -0.39 is 31.1 Å². The van der Waals surface area contributed by atoms with Crippen molar-refractivity contribution in [3.63, 3.8) is 0 Å². The molecule has 0 aliphatic carbocycles. The highest BCUT2D eigenvalue weighted by molar-refractivity contribution is 8.13. The Bertz CT molecular complexity index is 643. The lowest BCUT2D eigenvalue weighted by Crippen LogP contribution is -2.42. The summed E-state index contributed by atoms with van der Waals surface area (Å²) in [6, 6.07) is 0. The largest absolute Gasteiger partial charge is 0.480 e. The Labute approximate surface area is 168 Å². The van der Waals surface area contributed by atoms with E-state index in [0.717, 1.165) is 8.61 Å². The zero-order chi connectivity index (χ0) is 23.6. The molecule has 0 rings (SSSR count). The van der Waals surface area contributed by atoms with Gasteiger partial charge < -0.3 is 4.13 Å². The molecule has 0 amide bonds. The van der Waals surface area contributed by atoms with Crippen molar-refractivity contribution in [3.8, 4) is 0 Å². The summed E-state index contributed by atoms with van der Waals surface area (Å²) in [4.78, 5) is 0. The topological polar surface area (TPSA) is 82.4 Å². The van der Waals surface area contributed by atoms with E-state index >= 15 is 0 Å². The summed E-state index contributed by atoms with van der Waals surface area (Å²) in [5, 5.41) is 0. The van der Waals surface area contributed by atoms with Crippen molar-refractivity contribution in [2.24, 2.45) is 0 Å². The SMILES string of the molecule is C=C[N+](CC)(CC)CCCCCCC.O=S(=O)([N-]S(=O)(=O)C(F)(F)F)C(F)(F)F. The van der Waals surface area contributed by atoms with Gasteiger partial charge in [-0.1, -0.05) is 26.2 Å². The zero-order valence-electron chi connectivity index (χ0n) is 16.6. The second-order valence-corrected chi connectivity index (χ2v) is 9.51. The van der Waals surface area contributed by atoms with Crippen LogP contribution in [0.3, 0.4) is 0 Å². The van der Waals surface area contributed by atoms with Gasteiger partial charge >= 0.3 is 11.0 Å². The highest BCUT2D eigenvalue weighted by atomic mass is 32.3. The van der Waals surface area contributed by atoms with E-state index in [1.807, 2.05) is 0 Å². The Kier molecular flexibility index (Phi) is 12.7. The second kappa shape index (κ2) is 12.1. The summed E-state index contributed by atoms with van der Waals surface area (Å²) in [7, 11) is -13.4. The monoisotopic (exact) mass is 478 g/mol. The van der Waals surface area contributed by atoms with Crippen LogP contribution in [-0.4, -0.2) is 52.0 Å². The molecule has 176 valence electrons. The first-order chi connectivity index (χ1) is 12.9. The molecule has 0 radical (unpaired) electrons. The van der Waals surface area contributed by atoms with E-state index in [1.54, 1.807) is 0 Å². The molecule has 0 bridgehead atoms. The first kappa shape index (κ1) is 30.3. The molecule has 0 saturated carbocycles. The van der Waals surface area contributed by atoms with Gasteiger partial charge in [-0.3, -0.25) is 4.48 Å². The number of sulfonamides is 2. The number of alkyl halides is 6. The Morgan fingerprint density at radius 3 is 1.45 bits per heavy atom. The van der Waals surface area contributed by atoms with Crippen molar-refractivity contribution in [1.82, 2.24) is 0 Å². The second-order valence-electron chi connectivity index (χ2n) is 6.09. The summed E-state index contributed by atoms with van der Waals surface area (Å²) in [5.41, 5.74) is -12.4. The molecule has 0 heterocycles. The first-order valence-electron chi connectivity index (χ1n) is 8.81. The summed E-state index contributed by atoms with van der Waals surface area (Å²) < 4.78 is 110. The molecule has 0 aromatic carbocycles. The van der Waals surface area contributed by atoms with Crippen LogP contribution in [0.1, 0.15) is 52.9 Å². The standard InChI is InChI=1S/C13H28N.C2F6NO4S2/c1-5-9-10-11-12-13-14(6-2,7-3)8-4;3-1(4,5)14(10,11)9-15(12,13)2(6,7)8/h6H,2,5,7-13H2,1,3-4H3;/q+1;-1. The molecule has 0 N–H and O–H groups in total. The van der Waals surface area contributed by atoms with E-state index in [-0.39, 0.29) is 0 Å². The van der Waals surface area contributed by atoms with E-state index in [0.29, 0.717) is 0 Å². The van der Waals surface area contributed by atoms with Gasteiger partial charge in [0.2, 0.25) is 0 Å². The lowest BCUT2D eigenvalue weighted by molar-refractivity contribution is -0.876. The predicted molar refractivity (Wildman–Crippen MR) is 98.5 cm³/mol. The summed E-state index contributed by atoms with van der Waals surface area (Å²) in [6.45, 7) is 14.4. The highest BCUT2D eigenvalue weighted by Crippen LogP contribution is 2.36. The third kappa shape index (κ3) is 10.6. The lowest BCUT2D eigenvalue weighted by Gasteiger charge is -2.32. The third-order valence-electron chi connectivity index (χ3n) is 4.14. The number of hydrogen-bond donors (Lipinski definition) is 0. The van der Waals surface area contributed by atoms with Crippen molar-refractivity contribution in [1.29, 1.82) is 0 Å². The van der Waals surface area contributed by atoms with Crippen LogP contribution in [0.25, 0.3) is 4.13 Å². The molecule has 0 aliphatic rings. The fourth-order valence-corrected chi connectivity index (χ4v) is 3.84. The molecule has 0 spiro atoms. The van der Waals surface area contributed by atoms with Crippen LogP contribution in [0.15, 0.2) is 12.8 Å². The van der Waals surface area contributed by atoms with Crippen LogP contribution in [-0.2, 0) is 20.0 Å². The number of unbranched alkanes of at least 4 members (excludes halogenated alkanes) is 4. The molecule has 6 nitrogen and oxygen atoms in total. The molecule has 0 saturated heterocycles. The van der Waals surface area contributed by atoms with Gasteiger partial charge in [0.15, 0.2) is 20.0 Å². The van der Waals surface area contributed by atoms with E-state index in [2.05, 4.69) is 33.6 Å². The molecule has 14 heteroatoms. The van der Waals surface area contributed by atoms with Crippen molar-refractivity contribution < 1.29 is 47.7 Å². The number of rotatable bonds is 11.